The highest BCUT2D eigenvalue weighted by molar-refractivity contribution is 5.95. The lowest BCUT2D eigenvalue weighted by molar-refractivity contribution is -0.384. The van der Waals surface area contributed by atoms with Gasteiger partial charge in [0.2, 0.25) is 0 Å². The standard InChI is InChI=1S/C14H17N3O3/c1-3-5-6-9-16-12-10-11(14(18)15-4-2)7-8-13(12)17(19)20/h7-8,10,16H,4,6,9H2,1-2H3,(H,15,18). The van der Waals surface area contributed by atoms with E-state index in [1.54, 1.807) is 6.92 Å². The number of nitro benzene ring substituents is 1. The molecular formula is C14H17N3O3. The van der Waals surface area contributed by atoms with Crippen molar-refractivity contribution in [1.82, 2.24) is 5.32 Å². The van der Waals surface area contributed by atoms with Crippen molar-refractivity contribution in [2.24, 2.45) is 0 Å². The highest BCUT2D eigenvalue weighted by atomic mass is 16.6. The van der Waals surface area contributed by atoms with Gasteiger partial charge in [-0.2, -0.15) is 0 Å². The van der Waals surface area contributed by atoms with E-state index in [0.29, 0.717) is 30.8 Å². The molecule has 1 amide bonds. The van der Waals surface area contributed by atoms with Crippen LogP contribution in [-0.4, -0.2) is 23.9 Å². The van der Waals surface area contributed by atoms with Crippen LogP contribution in [0.4, 0.5) is 11.4 Å². The van der Waals surface area contributed by atoms with Crippen LogP contribution in [0.5, 0.6) is 0 Å². The Morgan fingerprint density at radius 3 is 2.80 bits per heavy atom. The van der Waals surface area contributed by atoms with Crippen molar-refractivity contribution < 1.29 is 9.72 Å². The van der Waals surface area contributed by atoms with Crippen LogP contribution in [0.15, 0.2) is 18.2 Å². The molecule has 0 aromatic heterocycles. The third-order valence-corrected chi connectivity index (χ3v) is 2.53. The predicted molar refractivity (Wildman–Crippen MR) is 77.7 cm³/mol. The molecule has 0 unspecified atom stereocenters. The Morgan fingerprint density at radius 1 is 1.45 bits per heavy atom. The molecule has 0 aliphatic heterocycles. The van der Waals surface area contributed by atoms with Crippen molar-refractivity contribution in [1.29, 1.82) is 0 Å². The van der Waals surface area contributed by atoms with Gasteiger partial charge in [0.05, 0.1) is 4.92 Å². The maximum Gasteiger partial charge on any atom is 0.292 e. The first-order valence-electron chi connectivity index (χ1n) is 6.30. The molecule has 0 aliphatic carbocycles. The molecule has 2 N–H and O–H groups in total. The SMILES string of the molecule is CC#CCCNc1cc(C(=O)NCC)ccc1[N+](=O)[O-]. The number of carbonyl (C=O) groups is 1. The lowest BCUT2D eigenvalue weighted by Crippen LogP contribution is -2.22. The number of rotatable bonds is 6. The highest BCUT2D eigenvalue weighted by Crippen LogP contribution is 2.25. The lowest BCUT2D eigenvalue weighted by Gasteiger charge is -2.08. The second kappa shape index (κ2) is 7.79. The van der Waals surface area contributed by atoms with E-state index in [-0.39, 0.29) is 11.6 Å². The van der Waals surface area contributed by atoms with Gasteiger partial charge in [-0.05, 0) is 26.0 Å². The van der Waals surface area contributed by atoms with Crippen molar-refractivity contribution in [3.8, 4) is 11.8 Å². The molecule has 106 valence electrons. The number of benzene rings is 1. The van der Waals surface area contributed by atoms with Gasteiger partial charge in [0.1, 0.15) is 5.69 Å². The average molecular weight is 275 g/mol. The zero-order chi connectivity index (χ0) is 15.0. The first-order chi connectivity index (χ1) is 9.60. The Labute approximate surface area is 117 Å². The van der Waals surface area contributed by atoms with E-state index in [9.17, 15) is 14.9 Å². The fourth-order valence-electron chi connectivity index (χ4n) is 1.63. The smallest absolute Gasteiger partial charge is 0.292 e. The quantitative estimate of drug-likeness (QED) is 0.360. The molecule has 0 fully saturated rings. The number of nitrogens with one attached hydrogen (secondary N) is 2. The molecule has 6 nitrogen and oxygen atoms in total. The van der Waals surface area contributed by atoms with E-state index in [1.807, 2.05) is 6.92 Å². The van der Waals surface area contributed by atoms with Crippen molar-refractivity contribution in [2.75, 3.05) is 18.4 Å². The minimum atomic E-state index is -0.477. The molecule has 6 heteroatoms. The van der Waals surface area contributed by atoms with E-state index in [2.05, 4.69) is 22.5 Å². The van der Waals surface area contributed by atoms with Gasteiger partial charge in [0.25, 0.3) is 11.6 Å². The van der Waals surface area contributed by atoms with Gasteiger partial charge >= 0.3 is 0 Å². The summed E-state index contributed by atoms with van der Waals surface area (Å²) in [5.74, 6) is 5.36. The molecule has 0 heterocycles. The molecule has 1 aromatic rings. The van der Waals surface area contributed by atoms with Gasteiger partial charge in [-0.3, -0.25) is 14.9 Å². The van der Waals surface area contributed by atoms with Crippen LogP contribution in [0.25, 0.3) is 0 Å². The molecule has 0 bridgehead atoms. The maximum atomic E-state index is 11.7. The van der Waals surface area contributed by atoms with Crippen LogP contribution in [0.1, 0.15) is 30.6 Å². The molecule has 0 saturated carbocycles. The topological polar surface area (TPSA) is 84.3 Å². The summed E-state index contributed by atoms with van der Waals surface area (Å²) in [4.78, 5) is 22.2. The maximum absolute atomic E-state index is 11.7. The lowest BCUT2D eigenvalue weighted by atomic mass is 10.1. The molecule has 0 saturated heterocycles. The Morgan fingerprint density at radius 2 is 2.20 bits per heavy atom. The van der Waals surface area contributed by atoms with Crippen LogP contribution >= 0.6 is 0 Å². The molecule has 20 heavy (non-hydrogen) atoms. The zero-order valence-corrected chi connectivity index (χ0v) is 11.5. The second-order valence-electron chi connectivity index (χ2n) is 3.95. The van der Waals surface area contributed by atoms with E-state index in [1.165, 1.54) is 18.2 Å². The summed E-state index contributed by atoms with van der Waals surface area (Å²) < 4.78 is 0. The number of anilines is 1. The van der Waals surface area contributed by atoms with Gasteiger partial charge in [0, 0.05) is 31.1 Å². The van der Waals surface area contributed by atoms with Gasteiger partial charge in [-0.15, -0.1) is 11.8 Å². The summed E-state index contributed by atoms with van der Waals surface area (Å²) in [7, 11) is 0. The normalized spacial score (nSPS) is 9.30. The number of hydrogen-bond donors (Lipinski definition) is 2. The molecule has 0 radical (unpaired) electrons. The Hall–Kier alpha value is -2.55. The zero-order valence-electron chi connectivity index (χ0n) is 11.5. The van der Waals surface area contributed by atoms with Crippen molar-refractivity contribution in [2.45, 2.75) is 20.3 Å². The minimum Gasteiger partial charge on any atom is -0.379 e. The third kappa shape index (κ3) is 4.28. The van der Waals surface area contributed by atoms with Gasteiger partial charge in [-0.25, -0.2) is 0 Å². The van der Waals surface area contributed by atoms with Crippen molar-refractivity contribution in [3.05, 3.63) is 33.9 Å². The van der Waals surface area contributed by atoms with E-state index >= 15 is 0 Å². The summed E-state index contributed by atoms with van der Waals surface area (Å²) in [6.45, 7) is 4.54. The van der Waals surface area contributed by atoms with Gasteiger partial charge in [-0.1, -0.05) is 0 Å². The summed E-state index contributed by atoms with van der Waals surface area (Å²) in [5, 5.41) is 16.6. The molecular weight excluding hydrogens is 258 g/mol. The number of carbonyl (C=O) groups excluding carboxylic acids is 1. The van der Waals surface area contributed by atoms with Gasteiger partial charge < -0.3 is 10.6 Å². The minimum absolute atomic E-state index is 0.0532. The largest absolute Gasteiger partial charge is 0.379 e. The molecule has 0 atom stereocenters. The number of hydrogen-bond acceptors (Lipinski definition) is 4. The molecule has 0 aliphatic rings. The van der Waals surface area contributed by atoms with E-state index in [4.69, 9.17) is 0 Å². The van der Waals surface area contributed by atoms with Crippen molar-refractivity contribution >= 4 is 17.3 Å². The van der Waals surface area contributed by atoms with Crippen LogP contribution in [0, 0.1) is 22.0 Å². The Kier molecular flexibility index (Phi) is 6.04. The average Bonchev–Trinajstić information content (AvgIpc) is 2.43. The van der Waals surface area contributed by atoms with Crippen molar-refractivity contribution in [3.63, 3.8) is 0 Å². The van der Waals surface area contributed by atoms with Gasteiger partial charge in [0.15, 0.2) is 0 Å². The summed E-state index contributed by atoms with van der Waals surface area (Å²) >= 11 is 0. The van der Waals surface area contributed by atoms with Crippen LogP contribution < -0.4 is 10.6 Å². The Bertz CT molecular complexity index is 559. The number of nitrogens with zero attached hydrogens (tertiary/aromatic N) is 1. The highest BCUT2D eigenvalue weighted by Gasteiger charge is 2.16. The fraction of sp³-hybridized carbons (Fsp3) is 0.357. The molecule has 1 aromatic carbocycles. The number of amides is 1. The summed E-state index contributed by atoms with van der Waals surface area (Å²) in [6, 6.07) is 4.26. The Balaban J connectivity index is 2.95. The summed E-state index contributed by atoms with van der Waals surface area (Å²) in [5.41, 5.74) is 0.667. The van der Waals surface area contributed by atoms with Crippen LogP contribution in [0.2, 0.25) is 0 Å². The predicted octanol–water partition coefficient (Wildman–Crippen LogP) is 2.17. The summed E-state index contributed by atoms with van der Waals surface area (Å²) in [6.07, 6.45) is 0.582. The number of nitro groups is 1. The van der Waals surface area contributed by atoms with Crippen LogP contribution in [-0.2, 0) is 0 Å². The first-order valence-corrected chi connectivity index (χ1v) is 6.30. The third-order valence-electron chi connectivity index (χ3n) is 2.53. The van der Waals surface area contributed by atoms with E-state index < -0.39 is 4.92 Å². The monoisotopic (exact) mass is 275 g/mol. The van der Waals surface area contributed by atoms with Crippen LogP contribution in [0.3, 0.4) is 0 Å². The van der Waals surface area contributed by atoms with E-state index in [0.717, 1.165) is 0 Å². The second-order valence-corrected chi connectivity index (χ2v) is 3.95. The molecule has 0 spiro atoms. The molecule has 1 rings (SSSR count). The fourth-order valence-corrected chi connectivity index (χ4v) is 1.63. The first kappa shape index (κ1) is 15.5.